The van der Waals surface area contributed by atoms with Crippen LogP contribution in [-0.2, 0) is 6.42 Å². The molecule has 0 saturated carbocycles. The number of halogens is 1. The molecular formula is C21H23ClN2OS. The van der Waals surface area contributed by atoms with E-state index < -0.39 is 0 Å². The zero-order valence-corrected chi connectivity index (χ0v) is 16.7. The molecule has 1 heterocycles. The van der Waals surface area contributed by atoms with Crippen molar-refractivity contribution in [1.29, 1.82) is 0 Å². The zero-order chi connectivity index (χ0) is 18.5. The first-order valence-electron chi connectivity index (χ1n) is 8.96. The Morgan fingerprint density at radius 1 is 1.15 bits per heavy atom. The Hall–Kier alpha value is -1.78. The van der Waals surface area contributed by atoms with Gasteiger partial charge in [-0.05, 0) is 42.7 Å². The highest BCUT2D eigenvalue weighted by atomic mass is 35.5. The Balaban J connectivity index is 1.85. The number of benzene rings is 2. The zero-order valence-electron chi connectivity index (χ0n) is 15.1. The van der Waals surface area contributed by atoms with Gasteiger partial charge in [-0.1, -0.05) is 61.5 Å². The van der Waals surface area contributed by atoms with E-state index in [4.69, 9.17) is 16.6 Å². The van der Waals surface area contributed by atoms with Crippen LogP contribution in [0.25, 0.3) is 0 Å². The van der Waals surface area contributed by atoms with Crippen molar-refractivity contribution in [3.63, 3.8) is 0 Å². The van der Waals surface area contributed by atoms with Crippen molar-refractivity contribution in [2.75, 3.05) is 17.2 Å². The molecular weight excluding hydrogens is 364 g/mol. The van der Waals surface area contributed by atoms with Crippen LogP contribution in [0.3, 0.4) is 0 Å². The first-order chi connectivity index (χ1) is 12.6. The summed E-state index contributed by atoms with van der Waals surface area (Å²) >= 11 is 7.75. The molecule has 3 nitrogen and oxygen atoms in total. The molecule has 2 aromatic rings. The van der Waals surface area contributed by atoms with Gasteiger partial charge in [0.2, 0.25) is 0 Å². The molecule has 0 radical (unpaired) electrons. The van der Waals surface area contributed by atoms with E-state index in [1.807, 2.05) is 53.4 Å². The molecule has 0 amide bonds. The number of nitrogens with zero attached hydrogens (tertiary/aromatic N) is 2. The molecule has 1 aliphatic rings. The van der Waals surface area contributed by atoms with Gasteiger partial charge in [-0.2, -0.15) is 0 Å². The van der Waals surface area contributed by atoms with E-state index in [2.05, 4.69) is 13.8 Å². The number of thioether (sulfide) groups is 1. The SMILES string of the molecule is CCc1ccc(C(=O)CN(C2=NC(CC)CS2)c2ccc(Cl)cc2)cc1. The summed E-state index contributed by atoms with van der Waals surface area (Å²) in [6, 6.07) is 15.8. The minimum Gasteiger partial charge on any atom is -0.313 e. The third kappa shape index (κ3) is 4.49. The molecule has 0 spiro atoms. The van der Waals surface area contributed by atoms with Crippen LogP contribution in [0, 0.1) is 0 Å². The van der Waals surface area contributed by atoms with Gasteiger partial charge >= 0.3 is 0 Å². The van der Waals surface area contributed by atoms with Gasteiger partial charge in [0, 0.05) is 22.0 Å². The molecule has 0 N–H and O–H groups in total. The predicted molar refractivity (Wildman–Crippen MR) is 113 cm³/mol. The Kier molecular flexibility index (Phi) is 6.38. The fourth-order valence-electron chi connectivity index (χ4n) is 2.81. The van der Waals surface area contributed by atoms with Crippen LogP contribution in [0.2, 0.25) is 5.02 Å². The lowest BCUT2D eigenvalue weighted by Crippen LogP contribution is -2.33. The average molecular weight is 387 g/mol. The van der Waals surface area contributed by atoms with Gasteiger partial charge in [0.05, 0.1) is 12.6 Å². The van der Waals surface area contributed by atoms with Crippen molar-refractivity contribution in [3.05, 3.63) is 64.7 Å². The molecule has 0 bridgehead atoms. The topological polar surface area (TPSA) is 32.7 Å². The first kappa shape index (κ1) is 19.0. The maximum atomic E-state index is 12.9. The van der Waals surface area contributed by atoms with Crippen LogP contribution in [0.4, 0.5) is 5.69 Å². The van der Waals surface area contributed by atoms with Crippen molar-refractivity contribution >= 4 is 40.0 Å². The quantitative estimate of drug-likeness (QED) is 0.617. The van der Waals surface area contributed by atoms with E-state index in [0.29, 0.717) is 11.1 Å². The summed E-state index contributed by atoms with van der Waals surface area (Å²) in [6.45, 7) is 4.53. The highest BCUT2D eigenvalue weighted by Crippen LogP contribution is 2.28. The van der Waals surface area contributed by atoms with Crippen LogP contribution >= 0.6 is 23.4 Å². The van der Waals surface area contributed by atoms with Crippen molar-refractivity contribution < 1.29 is 4.79 Å². The van der Waals surface area contributed by atoms with Crippen LogP contribution in [0.5, 0.6) is 0 Å². The molecule has 3 rings (SSSR count). The van der Waals surface area contributed by atoms with Gasteiger partial charge in [-0.15, -0.1) is 0 Å². The number of hydrogen-bond donors (Lipinski definition) is 0. The predicted octanol–water partition coefficient (Wildman–Crippen LogP) is 5.47. The molecule has 26 heavy (non-hydrogen) atoms. The van der Waals surface area contributed by atoms with Crippen LogP contribution in [-0.4, -0.2) is 29.3 Å². The first-order valence-corrected chi connectivity index (χ1v) is 10.3. The molecule has 1 aliphatic heterocycles. The Morgan fingerprint density at radius 3 is 2.42 bits per heavy atom. The second-order valence-corrected chi connectivity index (χ2v) is 7.74. The number of rotatable bonds is 6. The van der Waals surface area contributed by atoms with Crippen LogP contribution < -0.4 is 4.90 Å². The minimum atomic E-state index is 0.0888. The molecule has 0 fully saturated rings. The molecule has 136 valence electrons. The standard InChI is InChI=1S/C21H23ClN2OS/c1-3-15-5-7-16(8-6-15)20(25)13-24(19-11-9-17(22)10-12-19)21-23-18(4-2)14-26-21/h5-12,18H,3-4,13-14H2,1-2H3. The smallest absolute Gasteiger partial charge is 0.182 e. The Labute approximate surface area is 164 Å². The number of carbonyl (C=O) groups excluding carboxylic acids is 1. The summed E-state index contributed by atoms with van der Waals surface area (Å²) in [5.41, 5.74) is 2.91. The number of hydrogen-bond acceptors (Lipinski definition) is 4. The van der Waals surface area contributed by atoms with Crippen LogP contribution in [0.15, 0.2) is 53.5 Å². The van der Waals surface area contributed by atoms with Crippen LogP contribution in [0.1, 0.15) is 36.2 Å². The molecule has 5 heteroatoms. The lowest BCUT2D eigenvalue weighted by molar-refractivity contribution is 0.100. The third-order valence-corrected chi connectivity index (χ3v) is 5.91. The largest absolute Gasteiger partial charge is 0.313 e. The van der Waals surface area contributed by atoms with Crippen molar-refractivity contribution in [2.24, 2.45) is 4.99 Å². The lowest BCUT2D eigenvalue weighted by atomic mass is 10.1. The van der Waals surface area contributed by atoms with Gasteiger partial charge in [-0.25, -0.2) is 0 Å². The highest BCUT2D eigenvalue weighted by molar-refractivity contribution is 8.14. The number of aryl methyl sites for hydroxylation is 1. The summed E-state index contributed by atoms with van der Waals surface area (Å²) in [7, 11) is 0. The number of carbonyl (C=O) groups is 1. The Morgan fingerprint density at radius 2 is 1.85 bits per heavy atom. The van der Waals surface area contributed by atoms with E-state index in [0.717, 1.165) is 35.0 Å². The fraction of sp³-hybridized carbons (Fsp3) is 0.333. The third-order valence-electron chi connectivity index (χ3n) is 4.52. The molecule has 0 aliphatic carbocycles. The molecule has 0 saturated heterocycles. The van der Waals surface area contributed by atoms with Crippen molar-refractivity contribution in [1.82, 2.24) is 0 Å². The summed E-state index contributed by atoms with van der Waals surface area (Å²) in [5.74, 6) is 1.06. The average Bonchev–Trinajstić information content (AvgIpc) is 3.16. The second kappa shape index (κ2) is 8.74. The number of Topliss-reactive ketones (excluding diaryl/α,β-unsaturated/α-hetero) is 1. The molecule has 1 atom stereocenters. The summed E-state index contributed by atoms with van der Waals surface area (Å²) in [6.07, 6.45) is 1.98. The number of anilines is 1. The van der Waals surface area contributed by atoms with E-state index in [-0.39, 0.29) is 12.3 Å². The summed E-state index contributed by atoms with van der Waals surface area (Å²) < 4.78 is 0. The van der Waals surface area contributed by atoms with Crippen molar-refractivity contribution in [2.45, 2.75) is 32.7 Å². The lowest BCUT2D eigenvalue weighted by Gasteiger charge is -2.23. The number of amidine groups is 1. The van der Waals surface area contributed by atoms with Crippen molar-refractivity contribution in [3.8, 4) is 0 Å². The van der Waals surface area contributed by atoms with Gasteiger partial charge < -0.3 is 4.90 Å². The molecule has 1 unspecified atom stereocenters. The van der Waals surface area contributed by atoms with Gasteiger partial charge in [0.25, 0.3) is 0 Å². The van der Waals surface area contributed by atoms with E-state index >= 15 is 0 Å². The minimum absolute atomic E-state index is 0.0888. The normalized spacial score (nSPS) is 16.4. The molecule has 2 aromatic carbocycles. The maximum absolute atomic E-state index is 12.9. The molecule has 0 aromatic heterocycles. The maximum Gasteiger partial charge on any atom is 0.182 e. The summed E-state index contributed by atoms with van der Waals surface area (Å²) in [4.78, 5) is 19.7. The monoisotopic (exact) mass is 386 g/mol. The number of ketones is 1. The highest BCUT2D eigenvalue weighted by Gasteiger charge is 2.25. The van der Waals surface area contributed by atoms with Gasteiger partial charge in [0.15, 0.2) is 11.0 Å². The van der Waals surface area contributed by atoms with Gasteiger partial charge in [-0.3, -0.25) is 9.79 Å². The fourth-order valence-corrected chi connectivity index (χ4v) is 4.14. The summed E-state index contributed by atoms with van der Waals surface area (Å²) in [5, 5.41) is 1.60. The second-order valence-electron chi connectivity index (χ2n) is 6.32. The van der Waals surface area contributed by atoms with E-state index in [1.165, 1.54) is 5.56 Å². The number of aliphatic imine (C=N–C) groups is 1. The van der Waals surface area contributed by atoms with Gasteiger partial charge in [0.1, 0.15) is 0 Å². The van der Waals surface area contributed by atoms with E-state index in [9.17, 15) is 4.79 Å². The Bertz CT molecular complexity index is 787. The van der Waals surface area contributed by atoms with E-state index in [1.54, 1.807) is 11.8 Å².